The van der Waals surface area contributed by atoms with Gasteiger partial charge in [-0.15, -0.1) is 0 Å². The Morgan fingerprint density at radius 1 is 0.667 bits per heavy atom. The summed E-state index contributed by atoms with van der Waals surface area (Å²) < 4.78 is 23.9. The minimum absolute atomic E-state index is 0.0301. The van der Waals surface area contributed by atoms with Gasteiger partial charge in [0.2, 0.25) is 11.8 Å². The average Bonchev–Trinajstić information content (AvgIpc) is 3.08. The monoisotopic (exact) mass is 615 g/mol. The predicted octanol–water partition coefficient (Wildman–Crippen LogP) is 4.11. The summed E-state index contributed by atoms with van der Waals surface area (Å²) in [6, 6.07) is 30.7. The molecule has 3 aromatic carbocycles. The van der Waals surface area contributed by atoms with Crippen LogP contribution in [-0.4, -0.2) is 70.5 Å². The van der Waals surface area contributed by atoms with E-state index >= 15 is 0 Å². The van der Waals surface area contributed by atoms with Crippen molar-refractivity contribution in [3.05, 3.63) is 108 Å². The van der Waals surface area contributed by atoms with Crippen LogP contribution in [0.25, 0.3) is 0 Å². The maximum absolute atomic E-state index is 13.1. The summed E-state index contributed by atoms with van der Waals surface area (Å²) in [4.78, 5) is 24.1. The molecule has 9 heteroatoms. The zero-order valence-electron chi connectivity index (χ0n) is 26.0. The van der Waals surface area contributed by atoms with Crippen LogP contribution in [0.1, 0.15) is 49.3 Å². The number of hydrogen-bond acceptors (Lipinski definition) is 7. The molecule has 5 rings (SSSR count). The average molecular weight is 616 g/mol. The minimum Gasteiger partial charge on any atom is -0.356 e. The zero-order chi connectivity index (χ0) is 31.4. The van der Waals surface area contributed by atoms with E-state index in [2.05, 4.69) is 52.3 Å². The smallest absolute Gasteiger partial charge is 0.234 e. The summed E-state index contributed by atoms with van der Waals surface area (Å²) in [5, 5.41) is 9.48. The standard InChI is InChI=1S/C36H45N3O6/c1-28(40)37-21-11-19-33-42-24-35(25-43-33)26-44-34(45-27-35)20-12-22-38-32(41)23-39-36(29-13-5-2-6-14-29,30-15-7-3-8-16-30)31-17-9-4-10-18-31/h2-10,13-18,33-34,39H,11-12,19-27H2,1H3,(H,37,40)(H,38,41). The lowest BCUT2D eigenvalue weighted by molar-refractivity contribution is -0.304. The van der Waals surface area contributed by atoms with Crippen molar-refractivity contribution in [3.8, 4) is 0 Å². The largest absolute Gasteiger partial charge is 0.356 e. The fourth-order valence-corrected chi connectivity index (χ4v) is 5.93. The zero-order valence-corrected chi connectivity index (χ0v) is 26.0. The Morgan fingerprint density at radius 2 is 1.07 bits per heavy atom. The van der Waals surface area contributed by atoms with Crippen LogP contribution < -0.4 is 16.0 Å². The molecule has 0 bridgehead atoms. The maximum atomic E-state index is 13.1. The number of carbonyl (C=O) groups excluding carboxylic acids is 2. The molecule has 2 amide bonds. The number of ether oxygens (including phenoxy) is 4. The Kier molecular flexibility index (Phi) is 11.7. The Labute approximate surface area is 266 Å². The van der Waals surface area contributed by atoms with Crippen LogP contribution in [0.3, 0.4) is 0 Å². The van der Waals surface area contributed by atoms with Gasteiger partial charge in [-0.05, 0) is 29.5 Å². The second kappa shape index (κ2) is 16.1. The summed E-state index contributed by atoms with van der Waals surface area (Å²) in [6.07, 6.45) is 2.36. The molecule has 0 atom stereocenters. The molecule has 0 aromatic heterocycles. The second-order valence-corrected chi connectivity index (χ2v) is 11.9. The van der Waals surface area contributed by atoms with Gasteiger partial charge in [0.25, 0.3) is 0 Å². The molecule has 0 radical (unpaired) electrons. The van der Waals surface area contributed by atoms with Gasteiger partial charge < -0.3 is 29.6 Å². The summed E-state index contributed by atoms with van der Waals surface area (Å²) >= 11 is 0. The number of benzene rings is 3. The van der Waals surface area contributed by atoms with Crippen LogP contribution in [0, 0.1) is 5.41 Å². The van der Waals surface area contributed by atoms with Crippen molar-refractivity contribution in [2.24, 2.45) is 5.41 Å². The third-order valence-corrected chi connectivity index (χ3v) is 8.37. The summed E-state index contributed by atoms with van der Waals surface area (Å²) in [5.41, 5.74) is 2.19. The van der Waals surface area contributed by atoms with E-state index in [1.54, 1.807) is 0 Å². The molecule has 1 spiro atoms. The first-order valence-electron chi connectivity index (χ1n) is 15.9. The maximum Gasteiger partial charge on any atom is 0.234 e. The molecule has 0 saturated carbocycles. The van der Waals surface area contributed by atoms with Gasteiger partial charge in [0.15, 0.2) is 12.6 Å². The number of rotatable bonds is 14. The molecule has 3 aromatic rings. The van der Waals surface area contributed by atoms with Gasteiger partial charge in [0, 0.05) is 32.9 Å². The van der Waals surface area contributed by atoms with Crippen molar-refractivity contribution < 1.29 is 28.5 Å². The molecule has 0 unspecified atom stereocenters. The lowest BCUT2D eigenvalue weighted by atomic mass is 9.77. The van der Waals surface area contributed by atoms with Crippen molar-refractivity contribution >= 4 is 11.8 Å². The fraction of sp³-hybridized carbons (Fsp3) is 0.444. The van der Waals surface area contributed by atoms with Gasteiger partial charge in [-0.3, -0.25) is 14.9 Å². The second-order valence-electron chi connectivity index (χ2n) is 11.9. The normalized spacial score (nSPS) is 21.7. The van der Waals surface area contributed by atoms with Crippen molar-refractivity contribution in [1.29, 1.82) is 0 Å². The molecule has 9 nitrogen and oxygen atoms in total. The van der Waals surface area contributed by atoms with Gasteiger partial charge in [0.05, 0.1) is 43.9 Å². The Morgan fingerprint density at radius 3 is 1.47 bits per heavy atom. The van der Waals surface area contributed by atoms with E-state index in [-0.39, 0.29) is 36.4 Å². The van der Waals surface area contributed by atoms with E-state index < -0.39 is 5.54 Å². The topological polar surface area (TPSA) is 107 Å². The van der Waals surface area contributed by atoms with Crippen molar-refractivity contribution in [2.75, 3.05) is 46.1 Å². The molecular formula is C36H45N3O6. The summed E-state index contributed by atoms with van der Waals surface area (Å²) in [6.45, 7) is 4.85. The first-order valence-corrected chi connectivity index (χ1v) is 15.9. The highest BCUT2D eigenvalue weighted by atomic mass is 16.7. The molecule has 45 heavy (non-hydrogen) atoms. The molecule has 2 aliphatic heterocycles. The van der Waals surface area contributed by atoms with E-state index in [1.807, 2.05) is 54.6 Å². The third kappa shape index (κ3) is 8.77. The summed E-state index contributed by atoms with van der Waals surface area (Å²) in [7, 11) is 0. The number of carbonyl (C=O) groups is 2. The fourth-order valence-electron chi connectivity index (χ4n) is 5.93. The predicted molar refractivity (Wildman–Crippen MR) is 171 cm³/mol. The Balaban J connectivity index is 1.07. The van der Waals surface area contributed by atoms with E-state index in [0.717, 1.165) is 36.0 Å². The van der Waals surface area contributed by atoms with Gasteiger partial charge in [-0.25, -0.2) is 0 Å². The SMILES string of the molecule is CC(=O)NCCCC1OCC2(CO1)COC(CCCNC(=O)CNC(c1ccccc1)(c1ccccc1)c1ccccc1)OC2. The first-order chi connectivity index (χ1) is 22.0. The molecule has 2 saturated heterocycles. The van der Waals surface area contributed by atoms with Crippen LogP contribution in [0.2, 0.25) is 0 Å². The first kappa shape index (κ1) is 32.8. The van der Waals surface area contributed by atoms with Gasteiger partial charge in [-0.1, -0.05) is 91.0 Å². The molecule has 0 aliphatic carbocycles. The molecule has 3 N–H and O–H groups in total. The van der Waals surface area contributed by atoms with Gasteiger partial charge in [0.1, 0.15) is 0 Å². The highest BCUT2D eigenvalue weighted by molar-refractivity contribution is 5.78. The van der Waals surface area contributed by atoms with Crippen LogP contribution in [-0.2, 0) is 34.1 Å². The molecule has 240 valence electrons. The van der Waals surface area contributed by atoms with E-state index in [4.69, 9.17) is 18.9 Å². The number of nitrogens with one attached hydrogen (secondary N) is 3. The van der Waals surface area contributed by atoms with E-state index in [0.29, 0.717) is 45.9 Å². The van der Waals surface area contributed by atoms with Crippen molar-refractivity contribution in [1.82, 2.24) is 16.0 Å². The van der Waals surface area contributed by atoms with Gasteiger partial charge in [-0.2, -0.15) is 0 Å². The van der Waals surface area contributed by atoms with Crippen LogP contribution >= 0.6 is 0 Å². The Hall–Kier alpha value is -3.60. The number of hydrogen-bond donors (Lipinski definition) is 3. The molecular weight excluding hydrogens is 570 g/mol. The van der Waals surface area contributed by atoms with Crippen LogP contribution in [0.4, 0.5) is 0 Å². The summed E-state index contributed by atoms with van der Waals surface area (Å²) in [5.74, 6) is -0.104. The van der Waals surface area contributed by atoms with Gasteiger partial charge >= 0.3 is 0 Å². The van der Waals surface area contributed by atoms with Crippen LogP contribution in [0.15, 0.2) is 91.0 Å². The quantitative estimate of drug-likeness (QED) is 0.185. The highest BCUT2D eigenvalue weighted by Crippen LogP contribution is 2.36. The molecule has 2 fully saturated rings. The lowest BCUT2D eigenvalue weighted by Gasteiger charge is -2.43. The van der Waals surface area contributed by atoms with E-state index in [1.165, 1.54) is 6.92 Å². The molecule has 2 heterocycles. The minimum atomic E-state index is -0.694. The van der Waals surface area contributed by atoms with Crippen LogP contribution in [0.5, 0.6) is 0 Å². The van der Waals surface area contributed by atoms with Crippen molar-refractivity contribution in [3.63, 3.8) is 0 Å². The van der Waals surface area contributed by atoms with Crippen molar-refractivity contribution in [2.45, 2.75) is 50.7 Å². The molecule has 2 aliphatic rings. The van der Waals surface area contributed by atoms with E-state index in [9.17, 15) is 9.59 Å². The third-order valence-electron chi connectivity index (χ3n) is 8.37. The number of amides is 2. The highest BCUT2D eigenvalue weighted by Gasteiger charge is 2.42. The Bertz CT molecular complexity index is 1230. The lowest BCUT2D eigenvalue weighted by Crippen LogP contribution is -2.52.